The predicted molar refractivity (Wildman–Crippen MR) is 137 cm³/mol. The number of benzene rings is 2. The van der Waals surface area contributed by atoms with E-state index in [9.17, 15) is 13.0 Å². The molecule has 8 nitrogen and oxygen atoms in total. The standard InChI is InChI=1S/C17H30NO4S.C7H8O3S/c1-5-20-13-17(19-2)14-21-16-9-7-15(8-10-16)18-22-11-6-12-23(3)4;1-6-2-4-7(5-3-6)11(8,9)10/h7-10,17-18H,5-6,11-14H2,1-4H3;2-5H,1H3,(H,8,9,10)/q+1;/p-1. The van der Waals surface area contributed by atoms with E-state index in [4.69, 9.17) is 19.0 Å². The van der Waals surface area contributed by atoms with Gasteiger partial charge in [0.1, 0.15) is 34.3 Å². The Morgan fingerprint density at radius 1 is 1.03 bits per heavy atom. The summed E-state index contributed by atoms with van der Waals surface area (Å²) in [6.45, 7) is 6.19. The Bertz CT molecular complexity index is 889. The van der Waals surface area contributed by atoms with Gasteiger partial charge in [-0.15, -0.1) is 0 Å². The van der Waals surface area contributed by atoms with E-state index in [0.29, 0.717) is 30.7 Å². The molecule has 2 rings (SSSR count). The molecule has 0 aromatic heterocycles. The number of nitrogens with one attached hydrogen (secondary N) is 1. The van der Waals surface area contributed by atoms with Crippen LogP contribution in [0.2, 0.25) is 0 Å². The summed E-state index contributed by atoms with van der Waals surface area (Å²) in [6.07, 6.45) is 5.50. The maximum Gasteiger partial charge on any atom is 0.124 e. The summed E-state index contributed by atoms with van der Waals surface area (Å²) in [5.74, 6) is 2.01. The van der Waals surface area contributed by atoms with Crippen molar-refractivity contribution in [3.05, 3.63) is 54.1 Å². The Morgan fingerprint density at radius 3 is 2.21 bits per heavy atom. The summed E-state index contributed by atoms with van der Waals surface area (Å²) in [5.41, 5.74) is 4.80. The summed E-state index contributed by atoms with van der Waals surface area (Å²) >= 11 is 0. The molecule has 1 unspecified atom stereocenters. The fourth-order valence-electron chi connectivity index (χ4n) is 2.50. The van der Waals surface area contributed by atoms with Crippen LogP contribution in [-0.2, 0) is 35.3 Å². The van der Waals surface area contributed by atoms with Crippen molar-refractivity contribution in [1.29, 1.82) is 0 Å². The number of aryl methyl sites for hydroxylation is 1. The molecule has 0 saturated heterocycles. The summed E-state index contributed by atoms with van der Waals surface area (Å²) in [5, 5.41) is 0. The van der Waals surface area contributed by atoms with Crippen LogP contribution in [0.25, 0.3) is 0 Å². The van der Waals surface area contributed by atoms with Gasteiger partial charge in [0.15, 0.2) is 0 Å². The molecule has 0 saturated carbocycles. The molecule has 0 amide bonds. The first-order valence-electron chi connectivity index (χ1n) is 10.9. The molecule has 0 aliphatic heterocycles. The molecule has 0 bridgehead atoms. The van der Waals surface area contributed by atoms with E-state index in [1.165, 1.54) is 17.9 Å². The van der Waals surface area contributed by atoms with E-state index in [-0.39, 0.29) is 11.0 Å². The second kappa shape index (κ2) is 16.7. The van der Waals surface area contributed by atoms with Gasteiger partial charge in [-0.05, 0) is 61.1 Å². The number of anilines is 1. The van der Waals surface area contributed by atoms with Crippen LogP contribution in [0.15, 0.2) is 53.4 Å². The maximum atomic E-state index is 10.4. The average molecular weight is 516 g/mol. The number of rotatable bonds is 14. The van der Waals surface area contributed by atoms with E-state index in [0.717, 1.165) is 30.0 Å². The van der Waals surface area contributed by atoms with Gasteiger partial charge in [-0.3, -0.25) is 10.3 Å². The van der Waals surface area contributed by atoms with Gasteiger partial charge in [-0.2, -0.15) is 0 Å². The molecule has 2 aromatic carbocycles. The molecule has 0 heterocycles. The Balaban J connectivity index is 0.000000437. The molecule has 2 aromatic rings. The zero-order valence-corrected chi connectivity index (χ0v) is 22.2. The van der Waals surface area contributed by atoms with Crippen molar-refractivity contribution in [2.75, 3.05) is 57.3 Å². The van der Waals surface area contributed by atoms with Crippen LogP contribution in [0.3, 0.4) is 0 Å². The molecule has 0 aliphatic rings. The smallest absolute Gasteiger partial charge is 0.124 e. The fourth-order valence-corrected chi connectivity index (χ4v) is 3.67. The normalized spacial score (nSPS) is 12.1. The van der Waals surface area contributed by atoms with E-state index >= 15 is 0 Å². The summed E-state index contributed by atoms with van der Waals surface area (Å²) in [7, 11) is -2.13. The third-order valence-electron chi connectivity index (χ3n) is 4.43. The van der Waals surface area contributed by atoms with E-state index in [2.05, 4.69) is 18.0 Å². The highest BCUT2D eigenvalue weighted by Crippen LogP contribution is 2.16. The number of methoxy groups -OCH3 is 1. The lowest BCUT2D eigenvalue weighted by molar-refractivity contribution is -0.0112. The van der Waals surface area contributed by atoms with Gasteiger partial charge in [0, 0.05) is 20.1 Å². The minimum Gasteiger partial charge on any atom is -0.744 e. The van der Waals surface area contributed by atoms with Gasteiger partial charge in [0.05, 0.1) is 36.3 Å². The Labute approximate surface area is 207 Å². The second-order valence-corrected chi connectivity index (χ2v) is 11.4. The summed E-state index contributed by atoms with van der Waals surface area (Å²) < 4.78 is 47.5. The van der Waals surface area contributed by atoms with Crippen LogP contribution in [0, 0.1) is 6.92 Å². The third-order valence-corrected chi connectivity index (χ3v) is 6.38. The molecule has 192 valence electrons. The Hall–Kier alpha value is -1.82. The van der Waals surface area contributed by atoms with Crippen LogP contribution < -0.4 is 10.2 Å². The quantitative estimate of drug-likeness (QED) is 0.176. The van der Waals surface area contributed by atoms with Crippen molar-refractivity contribution in [3.8, 4) is 5.75 Å². The lowest BCUT2D eigenvalue weighted by Gasteiger charge is -2.16. The van der Waals surface area contributed by atoms with Crippen LogP contribution >= 0.6 is 0 Å². The maximum absolute atomic E-state index is 10.4. The monoisotopic (exact) mass is 515 g/mol. The zero-order chi connectivity index (χ0) is 25.4. The molecule has 34 heavy (non-hydrogen) atoms. The highest BCUT2D eigenvalue weighted by atomic mass is 32.2. The summed E-state index contributed by atoms with van der Waals surface area (Å²) in [6, 6.07) is 13.5. The molecule has 0 aliphatic carbocycles. The molecule has 1 atom stereocenters. The second-order valence-electron chi connectivity index (χ2n) is 7.61. The summed E-state index contributed by atoms with van der Waals surface area (Å²) in [4.78, 5) is 5.27. The van der Waals surface area contributed by atoms with Crippen molar-refractivity contribution in [2.24, 2.45) is 0 Å². The van der Waals surface area contributed by atoms with Crippen molar-refractivity contribution in [3.63, 3.8) is 0 Å². The number of ether oxygens (including phenoxy) is 3. The highest BCUT2D eigenvalue weighted by Gasteiger charge is 2.08. The number of hydrogen-bond donors (Lipinski definition) is 1. The highest BCUT2D eigenvalue weighted by molar-refractivity contribution is 7.95. The average Bonchev–Trinajstić information content (AvgIpc) is 2.80. The minimum atomic E-state index is -4.27. The first-order valence-corrected chi connectivity index (χ1v) is 14.6. The van der Waals surface area contributed by atoms with Gasteiger partial charge >= 0.3 is 0 Å². The van der Waals surface area contributed by atoms with Gasteiger partial charge in [-0.1, -0.05) is 17.7 Å². The van der Waals surface area contributed by atoms with Gasteiger partial charge in [0.2, 0.25) is 0 Å². The van der Waals surface area contributed by atoms with Crippen LogP contribution in [-0.4, -0.2) is 70.9 Å². The molecule has 10 heteroatoms. The lowest BCUT2D eigenvalue weighted by atomic mass is 10.2. The molecule has 1 N–H and O–H groups in total. The van der Waals surface area contributed by atoms with Crippen LogP contribution in [0.5, 0.6) is 5.75 Å². The SMILES string of the molecule is CCOCC(COc1ccc(NOCCC[S+](C)C)cc1)OC.Cc1ccc(S(=O)(=O)[O-])cc1. The fraction of sp³-hybridized carbons (Fsp3) is 0.500. The number of hydrogen-bond acceptors (Lipinski definition) is 8. The molecular weight excluding hydrogens is 478 g/mol. The first kappa shape index (κ1) is 30.2. The topological polar surface area (TPSA) is 106 Å². The van der Waals surface area contributed by atoms with E-state index < -0.39 is 10.1 Å². The van der Waals surface area contributed by atoms with Crippen LogP contribution in [0.4, 0.5) is 5.69 Å². The van der Waals surface area contributed by atoms with Crippen molar-refractivity contribution in [1.82, 2.24) is 0 Å². The molecular formula is C24H37NO7S2. The first-order chi connectivity index (χ1) is 16.2. The van der Waals surface area contributed by atoms with Gasteiger partial charge < -0.3 is 18.8 Å². The van der Waals surface area contributed by atoms with Crippen molar-refractivity contribution in [2.45, 2.75) is 31.3 Å². The van der Waals surface area contributed by atoms with Crippen LogP contribution in [0.1, 0.15) is 18.9 Å². The predicted octanol–water partition coefficient (Wildman–Crippen LogP) is 3.63. The van der Waals surface area contributed by atoms with Crippen molar-refractivity contribution < 1.29 is 32.0 Å². The third kappa shape index (κ3) is 13.8. The molecule has 0 radical (unpaired) electrons. The Kier molecular flexibility index (Phi) is 14.9. The lowest BCUT2D eigenvalue weighted by Crippen LogP contribution is -2.25. The van der Waals surface area contributed by atoms with Crippen molar-refractivity contribution >= 4 is 26.7 Å². The minimum absolute atomic E-state index is 0.0576. The van der Waals surface area contributed by atoms with Gasteiger partial charge in [-0.25, -0.2) is 8.42 Å². The van der Waals surface area contributed by atoms with Gasteiger partial charge in [0.25, 0.3) is 0 Å². The van der Waals surface area contributed by atoms with E-state index in [1.807, 2.05) is 38.1 Å². The Morgan fingerprint density at radius 2 is 1.68 bits per heavy atom. The molecule has 0 spiro atoms. The largest absolute Gasteiger partial charge is 0.744 e. The zero-order valence-electron chi connectivity index (χ0n) is 20.6. The van der Waals surface area contributed by atoms with E-state index in [1.54, 1.807) is 19.2 Å². The molecule has 0 fully saturated rings.